The number of hydrogen-bond acceptors (Lipinski definition) is 3. The van der Waals surface area contributed by atoms with Gasteiger partial charge < -0.3 is 10.4 Å². The third-order valence-corrected chi connectivity index (χ3v) is 5.24. The van der Waals surface area contributed by atoms with E-state index >= 15 is 0 Å². The molecule has 17 heavy (non-hydrogen) atoms. The fourth-order valence-electron chi connectivity index (χ4n) is 2.46. The van der Waals surface area contributed by atoms with E-state index in [9.17, 15) is 5.11 Å². The van der Waals surface area contributed by atoms with Crippen molar-refractivity contribution in [1.29, 1.82) is 0 Å². The van der Waals surface area contributed by atoms with Gasteiger partial charge >= 0.3 is 0 Å². The van der Waals surface area contributed by atoms with E-state index in [1.54, 1.807) is 0 Å². The van der Waals surface area contributed by atoms with E-state index in [4.69, 9.17) is 0 Å². The molecule has 0 bridgehead atoms. The molecule has 2 rings (SSSR count). The average molecular weight is 253 g/mol. The standard InChI is InChI=1S/C14H23NOS/c1-13(2,12-5-3-8-17-12)9-15-10-14(11-16)6-4-7-14/h3,5,8,15-16H,4,6-7,9-11H2,1-2H3. The van der Waals surface area contributed by atoms with Crippen LogP contribution in [0.2, 0.25) is 0 Å². The summed E-state index contributed by atoms with van der Waals surface area (Å²) in [6, 6.07) is 4.32. The van der Waals surface area contributed by atoms with E-state index in [1.165, 1.54) is 24.1 Å². The summed E-state index contributed by atoms with van der Waals surface area (Å²) in [5.74, 6) is 0. The Morgan fingerprint density at radius 1 is 1.47 bits per heavy atom. The van der Waals surface area contributed by atoms with Crippen molar-refractivity contribution >= 4 is 11.3 Å². The minimum absolute atomic E-state index is 0.186. The van der Waals surface area contributed by atoms with Crippen molar-refractivity contribution < 1.29 is 5.11 Å². The maximum atomic E-state index is 9.41. The van der Waals surface area contributed by atoms with Crippen molar-refractivity contribution in [3.05, 3.63) is 22.4 Å². The zero-order chi connectivity index (χ0) is 12.4. The third kappa shape index (κ3) is 2.90. The Kier molecular flexibility index (Phi) is 3.91. The van der Waals surface area contributed by atoms with Crippen molar-refractivity contribution in [2.45, 2.75) is 38.5 Å². The summed E-state index contributed by atoms with van der Waals surface area (Å²) < 4.78 is 0. The lowest BCUT2D eigenvalue weighted by Crippen LogP contribution is -2.45. The molecule has 0 saturated heterocycles. The van der Waals surface area contributed by atoms with Crippen molar-refractivity contribution in [1.82, 2.24) is 5.32 Å². The summed E-state index contributed by atoms with van der Waals surface area (Å²) in [5, 5.41) is 15.1. The van der Waals surface area contributed by atoms with E-state index in [-0.39, 0.29) is 10.8 Å². The topological polar surface area (TPSA) is 32.3 Å². The summed E-state index contributed by atoms with van der Waals surface area (Å²) in [4.78, 5) is 1.43. The number of aliphatic hydroxyl groups excluding tert-OH is 1. The van der Waals surface area contributed by atoms with Gasteiger partial charge in [-0.15, -0.1) is 11.3 Å². The molecule has 0 spiro atoms. The molecule has 2 N–H and O–H groups in total. The maximum Gasteiger partial charge on any atom is 0.0499 e. The first-order valence-electron chi connectivity index (χ1n) is 6.44. The fourth-order valence-corrected chi connectivity index (χ4v) is 3.31. The highest BCUT2D eigenvalue weighted by atomic mass is 32.1. The van der Waals surface area contributed by atoms with Crippen LogP contribution in [0.25, 0.3) is 0 Å². The molecule has 0 aromatic carbocycles. The Labute approximate surface area is 108 Å². The Hall–Kier alpha value is -0.380. The van der Waals surface area contributed by atoms with E-state index in [2.05, 4.69) is 36.7 Å². The molecule has 0 amide bonds. The Bertz CT molecular complexity index is 336. The molecule has 1 saturated carbocycles. The largest absolute Gasteiger partial charge is 0.396 e. The molecule has 1 aliphatic carbocycles. The molecule has 0 atom stereocenters. The number of rotatable bonds is 6. The van der Waals surface area contributed by atoms with Gasteiger partial charge in [0.1, 0.15) is 0 Å². The molecule has 3 heteroatoms. The normalized spacial score (nSPS) is 19.0. The lowest BCUT2D eigenvalue weighted by atomic mass is 9.69. The summed E-state index contributed by atoms with van der Waals surface area (Å²) in [6.07, 6.45) is 3.63. The van der Waals surface area contributed by atoms with Crippen LogP contribution >= 0.6 is 11.3 Å². The van der Waals surface area contributed by atoms with Gasteiger partial charge in [-0.1, -0.05) is 26.3 Å². The Morgan fingerprint density at radius 2 is 2.24 bits per heavy atom. The van der Waals surface area contributed by atoms with Gasteiger partial charge in [0.15, 0.2) is 0 Å². The first-order chi connectivity index (χ1) is 8.08. The zero-order valence-electron chi connectivity index (χ0n) is 10.8. The average Bonchev–Trinajstić information content (AvgIpc) is 2.76. The van der Waals surface area contributed by atoms with Gasteiger partial charge in [-0.3, -0.25) is 0 Å². The van der Waals surface area contributed by atoms with Crippen LogP contribution in [-0.2, 0) is 5.41 Å². The van der Waals surface area contributed by atoms with Crippen LogP contribution in [0.1, 0.15) is 38.0 Å². The zero-order valence-corrected chi connectivity index (χ0v) is 11.6. The van der Waals surface area contributed by atoms with Gasteiger partial charge in [0.2, 0.25) is 0 Å². The number of thiophene rings is 1. The van der Waals surface area contributed by atoms with Crippen LogP contribution in [0.4, 0.5) is 0 Å². The SMILES string of the molecule is CC(C)(CNCC1(CO)CCC1)c1cccs1. The van der Waals surface area contributed by atoms with Crippen molar-refractivity contribution in [3.8, 4) is 0 Å². The summed E-state index contributed by atoms with van der Waals surface area (Å²) in [5.41, 5.74) is 0.375. The highest BCUT2D eigenvalue weighted by Crippen LogP contribution is 2.39. The number of hydrogen-bond donors (Lipinski definition) is 2. The molecule has 1 fully saturated rings. The highest BCUT2D eigenvalue weighted by Gasteiger charge is 2.36. The Balaban J connectivity index is 1.82. The minimum atomic E-state index is 0.186. The lowest BCUT2D eigenvalue weighted by Gasteiger charge is -2.41. The van der Waals surface area contributed by atoms with Crippen molar-refractivity contribution in [3.63, 3.8) is 0 Å². The molecule has 1 aromatic heterocycles. The minimum Gasteiger partial charge on any atom is -0.396 e. The van der Waals surface area contributed by atoms with E-state index in [1.807, 2.05) is 11.3 Å². The predicted octanol–water partition coefficient (Wildman–Crippen LogP) is 2.78. The van der Waals surface area contributed by atoms with Gasteiger partial charge in [0.25, 0.3) is 0 Å². The van der Waals surface area contributed by atoms with Crippen molar-refractivity contribution in [2.75, 3.05) is 19.7 Å². The molecule has 1 aromatic rings. The van der Waals surface area contributed by atoms with Crippen LogP contribution in [0.5, 0.6) is 0 Å². The molecular weight excluding hydrogens is 230 g/mol. The summed E-state index contributed by atoms with van der Waals surface area (Å²) >= 11 is 1.82. The number of nitrogens with one attached hydrogen (secondary N) is 1. The van der Waals surface area contributed by atoms with Crippen molar-refractivity contribution in [2.24, 2.45) is 5.41 Å². The molecule has 1 heterocycles. The van der Waals surface area contributed by atoms with Crippen LogP contribution in [0.15, 0.2) is 17.5 Å². The second-order valence-corrected chi connectivity index (χ2v) is 6.92. The van der Waals surface area contributed by atoms with Gasteiger partial charge in [-0.2, -0.15) is 0 Å². The maximum absolute atomic E-state index is 9.41. The van der Waals surface area contributed by atoms with Crippen LogP contribution in [0, 0.1) is 5.41 Å². The van der Waals surface area contributed by atoms with Crippen LogP contribution in [0.3, 0.4) is 0 Å². The molecule has 1 aliphatic rings. The number of aliphatic hydroxyl groups is 1. The molecule has 0 radical (unpaired) electrons. The fraction of sp³-hybridized carbons (Fsp3) is 0.714. The smallest absolute Gasteiger partial charge is 0.0499 e. The Morgan fingerprint density at radius 3 is 2.71 bits per heavy atom. The molecule has 2 nitrogen and oxygen atoms in total. The first kappa shape index (κ1) is 13.1. The van der Waals surface area contributed by atoms with Gasteiger partial charge in [0.05, 0.1) is 0 Å². The van der Waals surface area contributed by atoms with E-state index in [0.717, 1.165) is 13.1 Å². The monoisotopic (exact) mass is 253 g/mol. The summed E-state index contributed by atoms with van der Waals surface area (Å²) in [7, 11) is 0. The van der Waals surface area contributed by atoms with Crippen LogP contribution in [-0.4, -0.2) is 24.8 Å². The molecule has 0 aliphatic heterocycles. The van der Waals surface area contributed by atoms with Crippen LogP contribution < -0.4 is 5.32 Å². The van der Waals surface area contributed by atoms with Gasteiger partial charge in [-0.25, -0.2) is 0 Å². The van der Waals surface area contributed by atoms with Gasteiger partial charge in [0, 0.05) is 35.4 Å². The summed E-state index contributed by atoms with van der Waals surface area (Å²) in [6.45, 7) is 6.82. The second kappa shape index (κ2) is 5.09. The van der Waals surface area contributed by atoms with Gasteiger partial charge in [-0.05, 0) is 24.3 Å². The quantitative estimate of drug-likeness (QED) is 0.817. The highest BCUT2D eigenvalue weighted by molar-refractivity contribution is 7.10. The third-order valence-electron chi connectivity index (χ3n) is 4.00. The molecule has 0 unspecified atom stereocenters. The molecular formula is C14H23NOS. The first-order valence-corrected chi connectivity index (χ1v) is 7.32. The second-order valence-electron chi connectivity index (χ2n) is 5.98. The van der Waals surface area contributed by atoms with E-state index < -0.39 is 0 Å². The molecule has 96 valence electrons. The predicted molar refractivity (Wildman–Crippen MR) is 73.6 cm³/mol. The lowest BCUT2D eigenvalue weighted by molar-refractivity contribution is 0.0438. The van der Waals surface area contributed by atoms with E-state index in [0.29, 0.717) is 6.61 Å².